The molecular weight excluding hydrogens is 338 g/mol. The van der Waals surface area contributed by atoms with Crippen molar-refractivity contribution >= 4 is 27.3 Å². The molecule has 1 fully saturated rings. The molecule has 1 aromatic rings. The summed E-state index contributed by atoms with van der Waals surface area (Å²) in [7, 11) is -2.11. The molecular formula is C14H23N3O4S2. The van der Waals surface area contributed by atoms with E-state index in [0.29, 0.717) is 11.4 Å². The maximum Gasteiger partial charge on any atom is 0.261 e. The monoisotopic (exact) mass is 361 g/mol. The lowest BCUT2D eigenvalue weighted by Crippen LogP contribution is -2.45. The second-order valence-electron chi connectivity index (χ2n) is 5.49. The number of nitrogens with zero attached hydrogens (tertiary/aromatic N) is 1. The van der Waals surface area contributed by atoms with Crippen molar-refractivity contribution < 1.29 is 18.3 Å². The number of rotatable bonds is 7. The Kier molecular flexibility index (Phi) is 6.54. The smallest absolute Gasteiger partial charge is 0.261 e. The van der Waals surface area contributed by atoms with Crippen LogP contribution >= 0.6 is 11.3 Å². The van der Waals surface area contributed by atoms with E-state index in [1.54, 1.807) is 0 Å². The molecule has 1 atom stereocenters. The molecule has 1 saturated heterocycles. The highest BCUT2D eigenvalue weighted by atomic mass is 32.2. The molecule has 0 spiro atoms. The first-order valence-corrected chi connectivity index (χ1v) is 9.99. The van der Waals surface area contributed by atoms with Crippen molar-refractivity contribution in [1.82, 2.24) is 14.9 Å². The van der Waals surface area contributed by atoms with E-state index < -0.39 is 10.0 Å². The predicted octanol–water partition coefficient (Wildman–Crippen LogP) is 0.233. The standard InChI is InChI=1S/C14H23N3O4S2/c1-15-14(19)13-8-12(10-22-13)23(20,21)16-5-7-17-6-3-2-4-11(17)9-18/h8,10-11,16,18H,2-7,9H2,1H3,(H,15,19)/t11-/m0/s1. The fraction of sp³-hybridized carbons (Fsp3) is 0.643. The lowest BCUT2D eigenvalue weighted by molar-refractivity contribution is 0.0923. The van der Waals surface area contributed by atoms with Gasteiger partial charge in [0, 0.05) is 31.6 Å². The highest BCUT2D eigenvalue weighted by Gasteiger charge is 2.22. The van der Waals surface area contributed by atoms with Crippen LogP contribution in [0, 0.1) is 0 Å². The van der Waals surface area contributed by atoms with Crippen molar-refractivity contribution in [2.24, 2.45) is 0 Å². The molecule has 130 valence electrons. The van der Waals surface area contributed by atoms with Gasteiger partial charge in [0.1, 0.15) is 0 Å². The first-order chi connectivity index (χ1) is 11.0. The Bertz CT molecular complexity index is 630. The number of carbonyl (C=O) groups excluding carboxylic acids is 1. The highest BCUT2D eigenvalue weighted by molar-refractivity contribution is 7.89. The summed E-state index contributed by atoms with van der Waals surface area (Å²) >= 11 is 1.10. The zero-order valence-corrected chi connectivity index (χ0v) is 14.8. The Hall–Kier alpha value is -1.00. The van der Waals surface area contributed by atoms with Gasteiger partial charge < -0.3 is 10.4 Å². The van der Waals surface area contributed by atoms with Crippen molar-refractivity contribution in [3.05, 3.63) is 16.3 Å². The number of piperidine rings is 1. The number of sulfonamides is 1. The number of thiophene rings is 1. The summed E-state index contributed by atoms with van der Waals surface area (Å²) in [6.07, 6.45) is 3.12. The Morgan fingerprint density at radius 2 is 2.26 bits per heavy atom. The largest absolute Gasteiger partial charge is 0.395 e. The fourth-order valence-corrected chi connectivity index (χ4v) is 4.91. The van der Waals surface area contributed by atoms with Crippen molar-refractivity contribution in [2.75, 3.05) is 33.3 Å². The van der Waals surface area contributed by atoms with E-state index in [2.05, 4.69) is 14.9 Å². The molecule has 1 amide bonds. The Morgan fingerprint density at radius 1 is 1.48 bits per heavy atom. The second-order valence-corrected chi connectivity index (χ2v) is 8.17. The molecule has 1 aliphatic heterocycles. The van der Waals surface area contributed by atoms with Crippen LogP contribution in [0.25, 0.3) is 0 Å². The zero-order chi connectivity index (χ0) is 16.9. The van der Waals surface area contributed by atoms with E-state index in [0.717, 1.165) is 37.1 Å². The summed E-state index contributed by atoms with van der Waals surface area (Å²) in [4.78, 5) is 14.1. The van der Waals surface area contributed by atoms with E-state index in [9.17, 15) is 18.3 Å². The van der Waals surface area contributed by atoms with Crippen molar-refractivity contribution in [3.8, 4) is 0 Å². The average Bonchev–Trinajstić information content (AvgIpc) is 3.05. The molecule has 0 aliphatic carbocycles. The minimum Gasteiger partial charge on any atom is -0.395 e. The molecule has 0 bridgehead atoms. The van der Waals surface area contributed by atoms with Crippen LogP contribution < -0.4 is 10.0 Å². The average molecular weight is 361 g/mol. The maximum atomic E-state index is 12.2. The number of carbonyl (C=O) groups is 1. The van der Waals surface area contributed by atoms with Gasteiger partial charge in [-0.15, -0.1) is 11.3 Å². The van der Waals surface area contributed by atoms with Crippen molar-refractivity contribution in [1.29, 1.82) is 0 Å². The number of likely N-dealkylation sites (tertiary alicyclic amines) is 1. The molecule has 23 heavy (non-hydrogen) atoms. The van der Waals surface area contributed by atoms with Gasteiger partial charge in [0.25, 0.3) is 5.91 Å². The maximum absolute atomic E-state index is 12.2. The predicted molar refractivity (Wildman–Crippen MR) is 89.2 cm³/mol. The summed E-state index contributed by atoms with van der Waals surface area (Å²) in [5.41, 5.74) is 0. The first kappa shape index (κ1) is 18.3. The number of amides is 1. The molecule has 0 aromatic carbocycles. The Labute approximate surface area is 140 Å². The van der Waals surface area contributed by atoms with Crippen LogP contribution in [0.1, 0.15) is 28.9 Å². The normalized spacial score (nSPS) is 19.7. The number of hydrogen-bond acceptors (Lipinski definition) is 6. The highest BCUT2D eigenvalue weighted by Crippen LogP contribution is 2.19. The molecule has 7 nitrogen and oxygen atoms in total. The van der Waals surface area contributed by atoms with Gasteiger partial charge in [0.2, 0.25) is 10.0 Å². The molecule has 1 aliphatic rings. The molecule has 3 N–H and O–H groups in total. The number of nitrogens with one attached hydrogen (secondary N) is 2. The minimum atomic E-state index is -3.61. The topological polar surface area (TPSA) is 98.7 Å². The summed E-state index contributed by atoms with van der Waals surface area (Å²) in [5.74, 6) is -0.296. The van der Waals surface area contributed by atoms with Gasteiger partial charge in [-0.3, -0.25) is 9.69 Å². The zero-order valence-electron chi connectivity index (χ0n) is 13.1. The van der Waals surface area contributed by atoms with Crippen LogP contribution in [0.3, 0.4) is 0 Å². The van der Waals surface area contributed by atoms with Crippen molar-refractivity contribution in [2.45, 2.75) is 30.2 Å². The van der Waals surface area contributed by atoms with E-state index in [1.807, 2.05) is 0 Å². The van der Waals surface area contributed by atoms with Crippen molar-refractivity contribution in [3.63, 3.8) is 0 Å². The van der Waals surface area contributed by atoms with E-state index >= 15 is 0 Å². The third-order valence-electron chi connectivity index (χ3n) is 3.99. The molecule has 1 aromatic heterocycles. The summed E-state index contributed by atoms with van der Waals surface area (Å²) in [6, 6.07) is 1.50. The summed E-state index contributed by atoms with van der Waals surface area (Å²) in [6.45, 7) is 1.83. The van der Waals surface area contributed by atoms with Crippen LogP contribution in [-0.2, 0) is 10.0 Å². The minimum absolute atomic E-state index is 0.104. The number of hydrogen-bond donors (Lipinski definition) is 3. The third-order valence-corrected chi connectivity index (χ3v) is 6.51. The van der Waals surface area contributed by atoms with E-state index in [-0.39, 0.29) is 30.0 Å². The lowest BCUT2D eigenvalue weighted by Gasteiger charge is -2.34. The van der Waals surface area contributed by atoms with Gasteiger partial charge in [-0.25, -0.2) is 13.1 Å². The Balaban J connectivity index is 1.91. The molecule has 9 heteroatoms. The van der Waals surface area contributed by atoms with Gasteiger partial charge in [-0.05, 0) is 25.5 Å². The van der Waals surface area contributed by atoms with Crippen LogP contribution in [-0.4, -0.2) is 63.7 Å². The van der Waals surface area contributed by atoms with Gasteiger partial charge in [0.05, 0.1) is 16.4 Å². The van der Waals surface area contributed by atoms with E-state index in [1.165, 1.54) is 18.5 Å². The van der Waals surface area contributed by atoms with Gasteiger partial charge in [0.15, 0.2) is 0 Å². The summed E-state index contributed by atoms with van der Waals surface area (Å²) < 4.78 is 27.1. The van der Waals surface area contributed by atoms with Crippen LogP contribution in [0.5, 0.6) is 0 Å². The fourth-order valence-electron chi connectivity index (χ4n) is 2.67. The third kappa shape index (κ3) is 4.74. The van der Waals surface area contributed by atoms with Crippen LogP contribution in [0.15, 0.2) is 16.3 Å². The van der Waals surface area contributed by atoms with Gasteiger partial charge in [-0.2, -0.15) is 0 Å². The molecule has 0 unspecified atom stereocenters. The van der Waals surface area contributed by atoms with Gasteiger partial charge in [-0.1, -0.05) is 6.42 Å². The van der Waals surface area contributed by atoms with E-state index in [4.69, 9.17) is 0 Å². The molecule has 2 rings (SSSR count). The summed E-state index contributed by atoms with van der Waals surface area (Å²) in [5, 5.41) is 13.3. The lowest BCUT2D eigenvalue weighted by atomic mass is 10.0. The molecule has 0 radical (unpaired) electrons. The second kappa shape index (κ2) is 8.20. The quantitative estimate of drug-likeness (QED) is 0.646. The SMILES string of the molecule is CNC(=O)c1cc(S(=O)(=O)NCCN2CCCC[C@H]2CO)cs1. The molecule has 2 heterocycles. The Morgan fingerprint density at radius 3 is 2.96 bits per heavy atom. The number of aliphatic hydroxyl groups is 1. The van der Waals surface area contributed by atoms with Crippen LogP contribution in [0.4, 0.5) is 0 Å². The van der Waals surface area contributed by atoms with Gasteiger partial charge >= 0.3 is 0 Å². The molecule has 0 saturated carbocycles. The number of aliphatic hydroxyl groups excluding tert-OH is 1. The van der Waals surface area contributed by atoms with Crippen LogP contribution in [0.2, 0.25) is 0 Å². The first-order valence-electron chi connectivity index (χ1n) is 7.63.